The van der Waals surface area contributed by atoms with Gasteiger partial charge in [0, 0.05) is 23.1 Å². The largest absolute Gasteiger partial charge is 0.429 e. The molecule has 43 heavy (non-hydrogen) atoms. The molecule has 3 aromatic rings. The van der Waals surface area contributed by atoms with Gasteiger partial charge in [-0.2, -0.15) is 22.0 Å². The van der Waals surface area contributed by atoms with Crippen molar-refractivity contribution in [2.75, 3.05) is 13.2 Å². The summed E-state index contributed by atoms with van der Waals surface area (Å²) in [5.74, 6) is -8.05. The second-order valence-corrected chi connectivity index (χ2v) is 9.42. The summed E-state index contributed by atoms with van der Waals surface area (Å²) in [6.45, 7) is 2.60. The molecule has 1 fully saturated rings. The molecule has 0 aliphatic carbocycles. The summed E-state index contributed by atoms with van der Waals surface area (Å²) in [7, 11) is 0. The first-order valence-electron chi connectivity index (χ1n) is 12.8. The third-order valence-electron chi connectivity index (χ3n) is 6.36. The van der Waals surface area contributed by atoms with Crippen LogP contribution >= 0.6 is 0 Å². The van der Waals surface area contributed by atoms with E-state index in [9.17, 15) is 39.5 Å². The fraction of sp³-hybridized carbons (Fsp3) is 0.267. The summed E-state index contributed by atoms with van der Waals surface area (Å²) in [6, 6.07) is 3.29. The first-order valence-corrected chi connectivity index (χ1v) is 12.8. The van der Waals surface area contributed by atoms with Crippen molar-refractivity contribution >= 4 is 0 Å². The van der Waals surface area contributed by atoms with E-state index in [1.54, 1.807) is 0 Å². The van der Waals surface area contributed by atoms with Gasteiger partial charge in [-0.1, -0.05) is 18.2 Å². The van der Waals surface area contributed by atoms with Crippen LogP contribution in [0.4, 0.5) is 39.5 Å². The number of allylic oxidation sites excluding steroid dienone is 2. The lowest BCUT2D eigenvalue weighted by Crippen LogP contribution is -2.27. The maximum Gasteiger partial charge on any atom is 0.429 e. The van der Waals surface area contributed by atoms with Crippen molar-refractivity contribution in [2.45, 2.75) is 32.2 Å². The van der Waals surface area contributed by atoms with Gasteiger partial charge in [-0.25, -0.2) is 17.6 Å². The van der Waals surface area contributed by atoms with Crippen molar-refractivity contribution in [3.8, 4) is 22.6 Å². The molecule has 0 spiro atoms. The molecule has 13 heteroatoms. The Labute approximate surface area is 239 Å². The first-order chi connectivity index (χ1) is 20.4. The van der Waals surface area contributed by atoms with Crippen LogP contribution in [0.15, 0.2) is 72.8 Å². The van der Waals surface area contributed by atoms with Crippen LogP contribution in [0.3, 0.4) is 0 Å². The average molecular weight is 618 g/mol. The molecular weight excluding hydrogens is 595 g/mol. The molecule has 0 aromatic heterocycles. The molecule has 1 saturated heterocycles. The molecule has 1 aliphatic heterocycles. The Bertz CT molecular complexity index is 1490. The normalized spacial score (nSPS) is 17.3. The summed E-state index contributed by atoms with van der Waals surface area (Å²) in [5, 5.41) is 0. The maximum absolute atomic E-state index is 14.9. The van der Waals surface area contributed by atoms with Crippen LogP contribution in [0.5, 0.6) is 11.5 Å². The maximum atomic E-state index is 14.9. The van der Waals surface area contributed by atoms with Crippen molar-refractivity contribution in [2.24, 2.45) is 5.92 Å². The second kappa shape index (κ2) is 13.6. The summed E-state index contributed by atoms with van der Waals surface area (Å²) in [4.78, 5) is 0. The predicted octanol–water partition coefficient (Wildman–Crippen LogP) is 9.47. The van der Waals surface area contributed by atoms with E-state index in [2.05, 4.69) is 9.47 Å². The van der Waals surface area contributed by atoms with Gasteiger partial charge in [0.2, 0.25) is 5.75 Å². The molecule has 1 aliphatic rings. The van der Waals surface area contributed by atoms with Crippen LogP contribution in [-0.2, 0) is 15.6 Å². The third-order valence-corrected chi connectivity index (χ3v) is 6.36. The van der Waals surface area contributed by atoms with Crippen LogP contribution in [0, 0.1) is 29.2 Å². The standard InChI is InChI=1S/C30H23F9O4/c1-2-3-4-5-16-14-40-29(41-15-16)17-6-9-21(23(32)10-17)30(38,39)43-19-7-8-20(22(31)13-19)18-11-24(33)26(25(34)12-18)42-28(37)27(35)36/h2-3,6-13,16,29H,4-5,14-15H2,1H3/b3-2+. The lowest BCUT2D eigenvalue weighted by molar-refractivity contribution is -0.206. The Morgan fingerprint density at radius 2 is 1.56 bits per heavy atom. The lowest BCUT2D eigenvalue weighted by Gasteiger charge is -2.29. The second-order valence-electron chi connectivity index (χ2n) is 9.42. The highest BCUT2D eigenvalue weighted by molar-refractivity contribution is 5.66. The SMILES string of the molecule is C/C=C/CCC1COC(c2ccc(C(F)(F)Oc3ccc(-c4cc(F)c(OC(F)=C(F)F)c(F)c4)c(F)c3)c(F)c2)OC1. The van der Waals surface area contributed by atoms with Crippen molar-refractivity contribution in [1.29, 1.82) is 0 Å². The highest BCUT2D eigenvalue weighted by Gasteiger charge is 2.38. The Morgan fingerprint density at radius 1 is 0.884 bits per heavy atom. The summed E-state index contributed by atoms with van der Waals surface area (Å²) >= 11 is 0. The van der Waals surface area contributed by atoms with E-state index in [0.717, 1.165) is 37.1 Å². The Balaban J connectivity index is 1.46. The minimum atomic E-state index is -4.27. The van der Waals surface area contributed by atoms with Crippen LogP contribution in [0.25, 0.3) is 11.1 Å². The first kappa shape index (κ1) is 32.0. The minimum Gasteiger partial charge on any atom is -0.429 e. The number of halogens is 9. The fourth-order valence-electron chi connectivity index (χ4n) is 4.25. The number of alkyl halides is 2. The number of ether oxygens (including phenoxy) is 4. The van der Waals surface area contributed by atoms with E-state index in [0.29, 0.717) is 31.4 Å². The molecule has 230 valence electrons. The van der Waals surface area contributed by atoms with Crippen LogP contribution in [-0.4, -0.2) is 13.2 Å². The van der Waals surface area contributed by atoms with Crippen molar-refractivity contribution in [3.05, 3.63) is 107 Å². The zero-order valence-electron chi connectivity index (χ0n) is 22.3. The van der Waals surface area contributed by atoms with Crippen LogP contribution in [0.2, 0.25) is 0 Å². The number of hydrogen-bond donors (Lipinski definition) is 0. The van der Waals surface area contributed by atoms with Gasteiger partial charge in [-0.05, 0) is 61.7 Å². The van der Waals surface area contributed by atoms with E-state index in [-0.39, 0.29) is 11.5 Å². The van der Waals surface area contributed by atoms with E-state index in [4.69, 9.17) is 9.47 Å². The van der Waals surface area contributed by atoms with E-state index < -0.39 is 76.0 Å². The van der Waals surface area contributed by atoms with E-state index in [1.807, 2.05) is 19.1 Å². The molecule has 0 bridgehead atoms. The molecule has 0 saturated carbocycles. The highest BCUT2D eigenvalue weighted by atomic mass is 19.3. The van der Waals surface area contributed by atoms with Crippen LogP contribution < -0.4 is 9.47 Å². The number of hydrogen-bond acceptors (Lipinski definition) is 4. The number of benzene rings is 3. The van der Waals surface area contributed by atoms with Crippen molar-refractivity contribution in [1.82, 2.24) is 0 Å². The molecule has 4 rings (SSSR count). The number of rotatable bonds is 10. The van der Waals surface area contributed by atoms with Gasteiger partial charge in [-0.3, -0.25) is 0 Å². The van der Waals surface area contributed by atoms with Gasteiger partial charge in [0.1, 0.15) is 17.4 Å². The zero-order valence-corrected chi connectivity index (χ0v) is 22.3. The van der Waals surface area contributed by atoms with Crippen molar-refractivity contribution < 1.29 is 58.5 Å². The van der Waals surface area contributed by atoms with E-state index in [1.165, 1.54) is 6.07 Å². The van der Waals surface area contributed by atoms with Crippen molar-refractivity contribution in [3.63, 3.8) is 0 Å². The Hall–Kier alpha value is -3.97. The molecule has 0 radical (unpaired) electrons. The topological polar surface area (TPSA) is 36.9 Å². The molecule has 0 N–H and O–H groups in total. The van der Waals surface area contributed by atoms with Gasteiger partial charge in [-0.15, -0.1) is 0 Å². The minimum absolute atomic E-state index is 0.132. The van der Waals surface area contributed by atoms with Gasteiger partial charge in [0.25, 0.3) is 0 Å². The monoisotopic (exact) mass is 618 g/mol. The Kier molecular flexibility index (Phi) is 10.1. The summed E-state index contributed by atoms with van der Waals surface area (Å²) < 4.78 is 145. The zero-order chi connectivity index (χ0) is 31.3. The summed E-state index contributed by atoms with van der Waals surface area (Å²) in [6.07, 6.45) is -2.58. The summed E-state index contributed by atoms with van der Waals surface area (Å²) in [5.41, 5.74) is -2.00. The fourth-order valence-corrected chi connectivity index (χ4v) is 4.25. The predicted molar refractivity (Wildman–Crippen MR) is 136 cm³/mol. The van der Waals surface area contributed by atoms with Gasteiger partial charge in [0.15, 0.2) is 17.9 Å². The van der Waals surface area contributed by atoms with E-state index >= 15 is 0 Å². The third kappa shape index (κ3) is 7.71. The van der Waals surface area contributed by atoms with Gasteiger partial charge < -0.3 is 18.9 Å². The molecular formula is C30H23F9O4. The molecule has 0 atom stereocenters. The molecule has 0 amide bonds. The van der Waals surface area contributed by atoms with Crippen LogP contribution in [0.1, 0.15) is 37.2 Å². The quantitative estimate of drug-likeness (QED) is 0.129. The smallest absolute Gasteiger partial charge is 0.429 e. The molecule has 1 heterocycles. The lowest BCUT2D eigenvalue weighted by atomic mass is 10.0. The molecule has 3 aromatic carbocycles. The Morgan fingerprint density at radius 3 is 2.14 bits per heavy atom. The van der Waals surface area contributed by atoms with Gasteiger partial charge >= 0.3 is 18.2 Å². The molecule has 0 unspecified atom stereocenters. The highest BCUT2D eigenvalue weighted by Crippen LogP contribution is 2.38. The molecule has 4 nitrogen and oxygen atoms in total. The average Bonchev–Trinajstić information content (AvgIpc) is 2.95. The van der Waals surface area contributed by atoms with Gasteiger partial charge in [0.05, 0.1) is 18.8 Å².